The Hall–Kier alpha value is -1.10. The summed E-state index contributed by atoms with van der Waals surface area (Å²) in [5.74, 6) is -1.90. The lowest BCUT2D eigenvalue weighted by atomic mass is 9.80. The van der Waals surface area contributed by atoms with Crippen molar-refractivity contribution in [3.63, 3.8) is 0 Å². The maximum Gasteiger partial charge on any atom is 0.316 e. The van der Waals surface area contributed by atoms with Gasteiger partial charge in [0, 0.05) is 19.0 Å². The number of nitrogens with zero attached hydrogens (tertiary/aromatic N) is 1. The van der Waals surface area contributed by atoms with Gasteiger partial charge in [-0.2, -0.15) is 0 Å². The monoisotopic (exact) mass is 269 g/mol. The lowest BCUT2D eigenvalue weighted by Gasteiger charge is -2.30. The normalized spacial score (nSPS) is 32.2. The van der Waals surface area contributed by atoms with Gasteiger partial charge in [0.15, 0.2) is 0 Å². The van der Waals surface area contributed by atoms with Crippen LogP contribution in [0.5, 0.6) is 0 Å². The molecule has 1 saturated carbocycles. The minimum atomic E-state index is -1.06. The van der Waals surface area contributed by atoms with Crippen LogP contribution in [0.25, 0.3) is 0 Å². The van der Waals surface area contributed by atoms with E-state index in [2.05, 4.69) is 0 Å². The van der Waals surface area contributed by atoms with E-state index in [1.54, 1.807) is 25.7 Å². The van der Waals surface area contributed by atoms with Gasteiger partial charge >= 0.3 is 5.97 Å². The second kappa shape index (κ2) is 4.78. The van der Waals surface area contributed by atoms with Crippen molar-refractivity contribution in [1.29, 1.82) is 0 Å². The number of rotatable bonds is 2. The van der Waals surface area contributed by atoms with Crippen LogP contribution in [0.2, 0.25) is 0 Å². The largest absolute Gasteiger partial charge is 0.481 e. The van der Waals surface area contributed by atoms with E-state index >= 15 is 0 Å². The summed E-state index contributed by atoms with van der Waals surface area (Å²) in [6, 6.07) is 0. The molecular weight excluding hydrogens is 246 g/mol. The van der Waals surface area contributed by atoms with E-state index in [1.807, 2.05) is 0 Å². The number of aliphatic hydroxyl groups is 1. The molecule has 1 aliphatic heterocycles. The Labute approximate surface area is 113 Å². The average molecular weight is 269 g/mol. The first-order valence-corrected chi connectivity index (χ1v) is 6.91. The van der Waals surface area contributed by atoms with Gasteiger partial charge in [-0.15, -0.1) is 0 Å². The summed E-state index contributed by atoms with van der Waals surface area (Å²) in [6.45, 7) is 6.42. The molecular formula is C14H23NO4. The highest BCUT2D eigenvalue weighted by molar-refractivity contribution is 5.97. The first kappa shape index (κ1) is 14.3. The summed E-state index contributed by atoms with van der Waals surface area (Å²) in [5.41, 5.74) is -0.598. The zero-order valence-corrected chi connectivity index (χ0v) is 11.8. The lowest BCUT2D eigenvalue weighted by Crippen LogP contribution is -2.44. The third-order valence-electron chi connectivity index (χ3n) is 4.49. The Bertz CT molecular complexity index is 387. The molecule has 0 aromatic heterocycles. The highest BCUT2D eigenvalue weighted by Gasteiger charge is 2.47. The van der Waals surface area contributed by atoms with E-state index in [0.717, 1.165) is 12.8 Å². The Morgan fingerprint density at radius 1 is 1.21 bits per heavy atom. The van der Waals surface area contributed by atoms with Crippen LogP contribution in [0.3, 0.4) is 0 Å². The zero-order chi connectivity index (χ0) is 14.4. The highest BCUT2D eigenvalue weighted by atomic mass is 16.4. The minimum absolute atomic E-state index is 0.137. The van der Waals surface area contributed by atoms with Gasteiger partial charge in [-0.25, -0.2) is 0 Å². The molecule has 19 heavy (non-hydrogen) atoms. The number of carboxylic acids is 1. The molecule has 1 amide bonds. The topological polar surface area (TPSA) is 77.8 Å². The minimum Gasteiger partial charge on any atom is -0.481 e. The smallest absolute Gasteiger partial charge is 0.316 e. The number of hydrogen-bond donors (Lipinski definition) is 2. The van der Waals surface area contributed by atoms with Crippen LogP contribution < -0.4 is 0 Å². The van der Waals surface area contributed by atoms with Gasteiger partial charge in [-0.05, 0) is 24.2 Å². The molecule has 0 bridgehead atoms. The number of amides is 1. The average Bonchev–Trinajstić information content (AvgIpc) is 2.78. The Balaban J connectivity index is 2.10. The van der Waals surface area contributed by atoms with Crippen LogP contribution >= 0.6 is 0 Å². The standard InChI is InChI=1S/C14H23NO4/c1-14(2,3)11(13(18)19)12(17)15-6-8-4-5-10(16)9(8)7-15/h8-11,16H,4-7H2,1-3H3,(H,18,19). The molecule has 2 aliphatic rings. The van der Waals surface area contributed by atoms with Gasteiger partial charge in [-0.1, -0.05) is 20.8 Å². The van der Waals surface area contributed by atoms with Crippen molar-refractivity contribution in [1.82, 2.24) is 4.90 Å². The summed E-state index contributed by atoms with van der Waals surface area (Å²) in [6.07, 6.45) is 1.41. The number of carbonyl (C=O) groups is 2. The molecule has 2 rings (SSSR count). The van der Waals surface area contributed by atoms with Gasteiger partial charge in [0.05, 0.1) is 6.10 Å². The molecule has 2 fully saturated rings. The molecule has 0 aromatic rings. The van der Waals surface area contributed by atoms with Gasteiger partial charge in [-0.3, -0.25) is 9.59 Å². The first-order valence-electron chi connectivity index (χ1n) is 6.91. The molecule has 1 heterocycles. The van der Waals surface area contributed by atoms with Crippen molar-refractivity contribution in [2.24, 2.45) is 23.2 Å². The molecule has 4 atom stereocenters. The maximum absolute atomic E-state index is 12.4. The Morgan fingerprint density at radius 2 is 1.84 bits per heavy atom. The number of aliphatic carboxylic acids is 1. The number of carboxylic acid groups (broad SMARTS) is 1. The third-order valence-corrected chi connectivity index (χ3v) is 4.49. The third kappa shape index (κ3) is 2.61. The number of aliphatic hydroxyl groups excluding tert-OH is 1. The second-order valence-corrected chi connectivity index (χ2v) is 6.95. The van der Waals surface area contributed by atoms with Gasteiger partial charge in [0.25, 0.3) is 0 Å². The van der Waals surface area contributed by atoms with Crippen molar-refractivity contribution in [3.8, 4) is 0 Å². The molecule has 5 nitrogen and oxygen atoms in total. The van der Waals surface area contributed by atoms with Crippen LogP contribution in [-0.2, 0) is 9.59 Å². The van der Waals surface area contributed by atoms with E-state index in [4.69, 9.17) is 0 Å². The van der Waals surface area contributed by atoms with Crippen molar-refractivity contribution in [2.45, 2.75) is 39.7 Å². The van der Waals surface area contributed by atoms with Crippen molar-refractivity contribution in [3.05, 3.63) is 0 Å². The molecule has 4 unspecified atom stereocenters. The number of carbonyl (C=O) groups excluding carboxylic acids is 1. The van der Waals surface area contributed by atoms with Gasteiger partial charge in [0.1, 0.15) is 5.92 Å². The fourth-order valence-corrected chi connectivity index (χ4v) is 3.45. The van der Waals surface area contributed by atoms with Crippen molar-refractivity contribution in [2.75, 3.05) is 13.1 Å². The predicted octanol–water partition coefficient (Wildman–Crippen LogP) is 0.963. The van der Waals surface area contributed by atoms with Crippen LogP contribution in [-0.4, -0.2) is 46.2 Å². The SMILES string of the molecule is CC(C)(C)C(C(=O)O)C(=O)N1CC2CCC(O)C2C1. The summed E-state index contributed by atoms with van der Waals surface area (Å²) in [5, 5.41) is 19.1. The molecule has 0 aromatic carbocycles. The van der Waals surface area contributed by atoms with Crippen LogP contribution in [0.1, 0.15) is 33.6 Å². The second-order valence-electron chi connectivity index (χ2n) is 6.95. The first-order chi connectivity index (χ1) is 8.71. The molecule has 5 heteroatoms. The van der Waals surface area contributed by atoms with Crippen LogP contribution in [0, 0.1) is 23.2 Å². The van der Waals surface area contributed by atoms with E-state index in [9.17, 15) is 19.8 Å². The molecule has 0 spiro atoms. The lowest BCUT2D eigenvalue weighted by molar-refractivity contribution is -0.155. The molecule has 0 radical (unpaired) electrons. The van der Waals surface area contributed by atoms with E-state index < -0.39 is 17.3 Å². The predicted molar refractivity (Wildman–Crippen MR) is 69.4 cm³/mol. The quantitative estimate of drug-likeness (QED) is 0.732. The van der Waals surface area contributed by atoms with Crippen molar-refractivity contribution < 1.29 is 19.8 Å². The van der Waals surface area contributed by atoms with Crippen LogP contribution in [0.4, 0.5) is 0 Å². The Kier molecular flexibility index (Phi) is 3.60. The summed E-state index contributed by atoms with van der Waals surface area (Å²) >= 11 is 0. The Morgan fingerprint density at radius 3 is 2.32 bits per heavy atom. The molecule has 2 N–H and O–H groups in total. The number of hydrogen-bond acceptors (Lipinski definition) is 3. The van der Waals surface area contributed by atoms with Gasteiger partial charge in [0.2, 0.25) is 5.91 Å². The summed E-state index contributed by atoms with van der Waals surface area (Å²) < 4.78 is 0. The fraction of sp³-hybridized carbons (Fsp3) is 0.857. The summed E-state index contributed by atoms with van der Waals surface area (Å²) in [7, 11) is 0. The van der Waals surface area contributed by atoms with E-state index in [1.165, 1.54) is 0 Å². The summed E-state index contributed by atoms with van der Waals surface area (Å²) in [4.78, 5) is 25.4. The zero-order valence-electron chi connectivity index (χ0n) is 11.8. The number of fused-ring (bicyclic) bond motifs is 1. The molecule has 1 aliphatic carbocycles. The van der Waals surface area contributed by atoms with E-state index in [-0.39, 0.29) is 17.9 Å². The molecule has 108 valence electrons. The van der Waals surface area contributed by atoms with Gasteiger partial charge < -0.3 is 15.1 Å². The highest BCUT2D eigenvalue weighted by Crippen LogP contribution is 2.39. The molecule has 1 saturated heterocycles. The van der Waals surface area contributed by atoms with Crippen LogP contribution in [0.15, 0.2) is 0 Å². The number of likely N-dealkylation sites (tertiary alicyclic amines) is 1. The fourth-order valence-electron chi connectivity index (χ4n) is 3.45. The van der Waals surface area contributed by atoms with Crippen molar-refractivity contribution >= 4 is 11.9 Å². The van der Waals surface area contributed by atoms with E-state index in [0.29, 0.717) is 19.0 Å². The maximum atomic E-state index is 12.4.